The number of benzene rings is 2. The summed E-state index contributed by atoms with van der Waals surface area (Å²) in [6, 6.07) is 16.7. The maximum atomic E-state index is 12.2. The Balaban J connectivity index is 1.40. The highest BCUT2D eigenvalue weighted by Gasteiger charge is 2.16. The van der Waals surface area contributed by atoms with E-state index in [-0.39, 0.29) is 24.6 Å². The Bertz CT molecular complexity index is 1040. The zero-order valence-electron chi connectivity index (χ0n) is 13.3. The number of Topliss-reactive ketones (excluding diaryl/α,β-unsaturated/α-hetero) is 1. The second-order valence-electron chi connectivity index (χ2n) is 5.77. The number of furan rings is 1. The molecule has 1 N–H and O–H groups in total. The van der Waals surface area contributed by atoms with Gasteiger partial charge in [-0.1, -0.05) is 36.4 Å². The van der Waals surface area contributed by atoms with Crippen molar-refractivity contribution >= 4 is 33.6 Å². The molecule has 0 unspecified atom stereocenters. The quantitative estimate of drug-likeness (QED) is 0.444. The Hall–Kier alpha value is -3.34. The number of esters is 1. The van der Waals surface area contributed by atoms with E-state index in [1.54, 1.807) is 18.3 Å². The summed E-state index contributed by atoms with van der Waals surface area (Å²) in [6.07, 6.45) is 1.89. The van der Waals surface area contributed by atoms with E-state index >= 15 is 0 Å². The average molecular weight is 333 g/mol. The maximum Gasteiger partial charge on any atom is 0.310 e. The highest BCUT2D eigenvalue weighted by Crippen LogP contribution is 2.20. The van der Waals surface area contributed by atoms with Crippen molar-refractivity contribution in [2.75, 3.05) is 6.61 Å². The van der Waals surface area contributed by atoms with Gasteiger partial charge in [-0.2, -0.15) is 0 Å². The van der Waals surface area contributed by atoms with Crippen molar-refractivity contribution in [1.82, 2.24) is 4.98 Å². The number of para-hydroxylation sites is 2. The first-order valence-electron chi connectivity index (χ1n) is 7.93. The molecule has 0 fully saturated rings. The van der Waals surface area contributed by atoms with Gasteiger partial charge in [-0.3, -0.25) is 9.59 Å². The molecule has 2 aromatic carbocycles. The lowest BCUT2D eigenvalue weighted by molar-refractivity contribution is -0.141. The van der Waals surface area contributed by atoms with Crippen molar-refractivity contribution < 1.29 is 18.7 Å². The molecule has 5 heteroatoms. The summed E-state index contributed by atoms with van der Waals surface area (Å²) >= 11 is 0. The number of rotatable bonds is 5. The molecular formula is C20H15NO4. The van der Waals surface area contributed by atoms with Crippen LogP contribution < -0.4 is 0 Å². The van der Waals surface area contributed by atoms with Crippen LogP contribution in [-0.4, -0.2) is 23.3 Å². The van der Waals surface area contributed by atoms with Crippen LogP contribution in [0.2, 0.25) is 0 Å². The maximum absolute atomic E-state index is 12.2. The van der Waals surface area contributed by atoms with E-state index in [2.05, 4.69) is 4.98 Å². The van der Waals surface area contributed by atoms with Crippen molar-refractivity contribution in [3.05, 3.63) is 72.1 Å². The number of carbonyl (C=O) groups excluding carboxylic acids is 2. The first kappa shape index (κ1) is 15.2. The van der Waals surface area contributed by atoms with Crippen LogP contribution in [0.1, 0.15) is 16.1 Å². The van der Waals surface area contributed by atoms with Crippen LogP contribution in [0, 0.1) is 0 Å². The van der Waals surface area contributed by atoms with Gasteiger partial charge in [0.05, 0.1) is 6.42 Å². The highest BCUT2D eigenvalue weighted by molar-refractivity contribution is 5.99. The number of hydrogen-bond donors (Lipinski definition) is 1. The number of hydrogen-bond acceptors (Lipinski definition) is 4. The van der Waals surface area contributed by atoms with Gasteiger partial charge in [0.2, 0.25) is 5.78 Å². The number of fused-ring (bicyclic) bond motifs is 2. The fraction of sp³-hybridized carbons (Fsp3) is 0.100. The molecule has 0 amide bonds. The van der Waals surface area contributed by atoms with Crippen molar-refractivity contribution in [3.8, 4) is 0 Å². The molecule has 0 aliphatic carbocycles. The molecule has 25 heavy (non-hydrogen) atoms. The summed E-state index contributed by atoms with van der Waals surface area (Å²) in [4.78, 5) is 27.3. The van der Waals surface area contributed by atoms with E-state index in [1.807, 2.05) is 42.5 Å². The molecule has 0 aliphatic rings. The van der Waals surface area contributed by atoms with Crippen molar-refractivity contribution in [1.29, 1.82) is 0 Å². The number of ketones is 1. The first-order chi connectivity index (χ1) is 12.2. The van der Waals surface area contributed by atoms with Crippen LogP contribution in [0.5, 0.6) is 0 Å². The Kier molecular flexibility index (Phi) is 3.82. The van der Waals surface area contributed by atoms with Crippen molar-refractivity contribution in [3.63, 3.8) is 0 Å². The third kappa shape index (κ3) is 3.04. The summed E-state index contributed by atoms with van der Waals surface area (Å²) in [5.41, 5.74) is 2.44. The molecule has 4 rings (SSSR count). The molecule has 2 aromatic heterocycles. The molecule has 0 saturated carbocycles. The number of carbonyl (C=O) groups is 2. The zero-order valence-corrected chi connectivity index (χ0v) is 13.3. The van der Waals surface area contributed by atoms with E-state index in [0.29, 0.717) is 5.58 Å². The van der Waals surface area contributed by atoms with Crippen LogP contribution in [0.3, 0.4) is 0 Å². The number of H-pyrrole nitrogens is 1. The monoisotopic (exact) mass is 333 g/mol. The topological polar surface area (TPSA) is 72.3 Å². The molecule has 0 spiro atoms. The van der Waals surface area contributed by atoms with Gasteiger partial charge < -0.3 is 14.1 Å². The molecule has 5 nitrogen and oxygen atoms in total. The summed E-state index contributed by atoms with van der Waals surface area (Å²) in [7, 11) is 0. The minimum absolute atomic E-state index is 0.109. The molecule has 0 bridgehead atoms. The summed E-state index contributed by atoms with van der Waals surface area (Å²) in [5.74, 6) is -0.612. The highest BCUT2D eigenvalue weighted by atomic mass is 16.5. The van der Waals surface area contributed by atoms with Crippen LogP contribution in [-0.2, 0) is 16.0 Å². The van der Waals surface area contributed by atoms with E-state index in [4.69, 9.17) is 9.15 Å². The molecule has 124 valence electrons. The van der Waals surface area contributed by atoms with Gasteiger partial charge in [0.25, 0.3) is 0 Å². The lowest BCUT2D eigenvalue weighted by atomic mass is 10.1. The van der Waals surface area contributed by atoms with E-state index in [0.717, 1.165) is 21.9 Å². The largest absolute Gasteiger partial charge is 0.457 e. The predicted octanol–water partition coefficient (Wildman–Crippen LogP) is 3.88. The molecule has 0 saturated heterocycles. The van der Waals surface area contributed by atoms with E-state index < -0.39 is 5.97 Å². The fourth-order valence-corrected chi connectivity index (χ4v) is 2.82. The Morgan fingerprint density at radius 2 is 1.84 bits per heavy atom. The Morgan fingerprint density at radius 1 is 1.04 bits per heavy atom. The fourth-order valence-electron chi connectivity index (χ4n) is 2.82. The van der Waals surface area contributed by atoms with Gasteiger partial charge in [-0.05, 0) is 23.8 Å². The number of ether oxygens (including phenoxy) is 1. The normalized spacial score (nSPS) is 11.0. The number of nitrogens with one attached hydrogen (secondary N) is 1. The van der Waals surface area contributed by atoms with Crippen LogP contribution >= 0.6 is 0 Å². The molecule has 0 radical (unpaired) electrons. The van der Waals surface area contributed by atoms with Gasteiger partial charge in [-0.15, -0.1) is 0 Å². The summed E-state index contributed by atoms with van der Waals surface area (Å²) in [5, 5.41) is 1.82. The van der Waals surface area contributed by atoms with E-state index in [1.165, 1.54) is 0 Å². The van der Waals surface area contributed by atoms with Crippen LogP contribution in [0.15, 0.2) is 65.2 Å². The van der Waals surface area contributed by atoms with Crippen molar-refractivity contribution in [2.45, 2.75) is 6.42 Å². The molecule has 0 atom stereocenters. The van der Waals surface area contributed by atoms with Gasteiger partial charge >= 0.3 is 5.97 Å². The second kappa shape index (κ2) is 6.28. The van der Waals surface area contributed by atoms with Crippen LogP contribution in [0.25, 0.3) is 21.9 Å². The third-order valence-corrected chi connectivity index (χ3v) is 4.07. The van der Waals surface area contributed by atoms with E-state index in [9.17, 15) is 9.59 Å². The Morgan fingerprint density at radius 3 is 2.72 bits per heavy atom. The minimum Gasteiger partial charge on any atom is -0.457 e. The van der Waals surface area contributed by atoms with Gasteiger partial charge in [0.1, 0.15) is 5.58 Å². The molecule has 4 aromatic rings. The lowest BCUT2D eigenvalue weighted by Crippen LogP contribution is -2.15. The van der Waals surface area contributed by atoms with Crippen molar-refractivity contribution in [2.24, 2.45) is 0 Å². The third-order valence-electron chi connectivity index (χ3n) is 4.07. The molecule has 0 aliphatic heterocycles. The smallest absolute Gasteiger partial charge is 0.310 e. The second-order valence-corrected chi connectivity index (χ2v) is 5.77. The standard InChI is InChI=1S/C20H15NO4/c22-17(19-9-13-5-1-4-8-18(13)25-19)12-24-20(23)10-14-11-21-16-7-3-2-6-15(14)16/h1-9,11,21H,10,12H2. The SMILES string of the molecule is O=C(Cc1c[nH]c2ccccc12)OCC(=O)c1cc2ccccc2o1. The predicted molar refractivity (Wildman–Crippen MR) is 93.5 cm³/mol. The van der Waals surface area contributed by atoms with Gasteiger partial charge in [0.15, 0.2) is 12.4 Å². The van der Waals surface area contributed by atoms with Gasteiger partial charge in [0, 0.05) is 22.5 Å². The molecule has 2 heterocycles. The van der Waals surface area contributed by atoms with Gasteiger partial charge in [-0.25, -0.2) is 0 Å². The number of aromatic amines is 1. The first-order valence-corrected chi connectivity index (χ1v) is 7.93. The van der Waals surface area contributed by atoms with Crippen LogP contribution in [0.4, 0.5) is 0 Å². The summed E-state index contributed by atoms with van der Waals surface area (Å²) in [6.45, 7) is -0.332. The Labute approximate surface area is 143 Å². The molecular weight excluding hydrogens is 318 g/mol. The average Bonchev–Trinajstić information content (AvgIpc) is 3.24. The zero-order chi connectivity index (χ0) is 17.2. The number of aromatic nitrogens is 1. The lowest BCUT2D eigenvalue weighted by Gasteiger charge is -2.02. The summed E-state index contributed by atoms with van der Waals surface area (Å²) < 4.78 is 10.6. The minimum atomic E-state index is -0.450.